The molecule has 3 rings (SSSR count). The minimum atomic E-state index is 0.00967. The number of nitrogens with zero attached hydrogens (tertiary/aromatic N) is 3. The van der Waals surface area contributed by atoms with E-state index < -0.39 is 0 Å². The van der Waals surface area contributed by atoms with Crippen LogP contribution in [0.1, 0.15) is 42.8 Å². The molecule has 2 heterocycles. The number of carbonyl (C=O) groups excluding carboxylic acids is 1. The molecule has 27 heavy (non-hydrogen) atoms. The molecule has 144 valence electrons. The summed E-state index contributed by atoms with van der Waals surface area (Å²) < 4.78 is 5.15. The van der Waals surface area contributed by atoms with E-state index in [1.165, 1.54) is 19.3 Å². The lowest BCUT2D eigenvalue weighted by molar-refractivity contribution is -0.121. The quantitative estimate of drug-likeness (QED) is 0.814. The van der Waals surface area contributed by atoms with Crippen LogP contribution in [-0.2, 0) is 17.8 Å². The van der Waals surface area contributed by atoms with Gasteiger partial charge < -0.3 is 15.0 Å². The van der Waals surface area contributed by atoms with Gasteiger partial charge in [0.15, 0.2) is 0 Å². The lowest BCUT2D eigenvalue weighted by Gasteiger charge is -2.28. The number of anilines is 1. The number of hydrogen-bond acceptors (Lipinski definition) is 5. The van der Waals surface area contributed by atoms with Crippen LogP contribution in [0.25, 0.3) is 0 Å². The summed E-state index contributed by atoms with van der Waals surface area (Å²) in [7, 11) is 1.65. The van der Waals surface area contributed by atoms with Gasteiger partial charge in [0.1, 0.15) is 17.4 Å². The van der Waals surface area contributed by atoms with Crippen molar-refractivity contribution in [1.29, 1.82) is 0 Å². The van der Waals surface area contributed by atoms with Gasteiger partial charge in [0.25, 0.3) is 0 Å². The summed E-state index contributed by atoms with van der Waals surface area (Å²) >= 11 is 0. The zero-order chi connectivity index (χ0) is 19.1. The van der Waals surface area contributed by atoms with E-state index in [9.17, 15) is 4.79 Å². The van der Waals surface area contributed by atoms with Gasteiger partial charge in [-0.1, -0.05) is 12.1 Å². The second-order valence-electron chi connectivity index (χ2n) is 6.96. The summed E-state index contributed by atoms with van der Waals surface area (Å²) in [6.45, 7) is 4.43. The number of piperidine rings is 1. The summed E-state index contributed by atoms with van der Waals surface area (Å²) in [6, 6.07) is 9.83. The Bertz CT molecular complexity index is 755. The highest BCUT2D eigenvalue weighted by atomic mass is 16.5. The Morgan fingerprint density at radius 2 is 1.89 bits per heavy atom. The second kappa shape index (κ2) is 9.35. The van der Waals surface area contributed by atoms with Gasteiger partial charge in [-0.25, -0.2) is 9.97 Å². The molecular weight excluding hydrogens is 340 g/mol. The lowest BCUT2D eigenvalue weighted by atomic mass is 10.1. The van der Waals surface area contributed by atoms with Gasteiger partial charge in [-0.05, 0) is 50.3 Å². The molecule has 1 N–H and O–H groups in total. The van der Waals surface area contributed by atoms with Gasteiger partial charge in [-0.2, -0.15) is 0 Å². The third-order valence-electron chi connectivity index (χ3n) is 4.81. The molecule has 1 fully saturated rings. The Kier molecular flexibility index (Phi) is 6.63. The van der Waals surface area contributed by atoms with Crippen molar-refractivity contribution in [3.63, 3.8) is 0 Å². The maximum atomic E-state index is 12.2. The van der Waals surface area contributed by atoms with Crippen molar-refractivity contribution in [2.75, 3.05) is 25.1 Å². The first kappa shape index (κ1) is 19.1. The zero-order valence-corrected chi connectivity index (χ0v) is 16.2. The lowest BCUT2D eigenvalue weighted by Crippen LogP contribution is -2.31. The van der Waals surface area contributed by atoms with Crippen molar-refractivity contribution in [2.24, 2.45) is 0 Å². The SMILES string of the molecule is COc1ccc(CCC(=O)NCc2nc(C)cc(N3CCCCC3)n2)cc1. The maximum absolute atomic E-state index is 12.2. The van der Waals surface area contributed by atoms with Crippen LogP contribution in [0.15, 0.2) is 30.3 Å². The van der Waals surface area contributed by atoms with Crippen molar-refractivity contribution >= 4 is 11.7 Å². The number of aryl methyl sites for hydroxylation is 2. The zero-order valence-electron chi connectivity index (χ0n) is 16.2. The molecule has 1 aliphatic heterocycles. The van der Waals surface area contributed by atoms with Gasteiger partial charge in [0.05, 0.1) is 13.7 Å². The first-order valence-corrected chi connectivity index (χ1v) is 9.63. The minimum Gasteiger partial charge on any atom is -0.497 e. The number of aromatic nitrogens is 2. The van der Waals surface area contributed by atoms with Crippen LogP contribution in [0.4, 0.5) is 5.82 Å². The fraction of sp³-hybridized carbons (Fsp3) is 0.476. The van der Waals surface area contributed by atoms with Gasteiger partial charge in [-0.3, -0.25) is 4.79 Å². The van der Waals surface area contributed by atoms with E-state index in [4.69, 9.17) is 4.74 Å². The van der Waals surface area contributed by atoms with Gasteiger partial charge in [0, 0.05) is 31.3 Å². The molecular formula is C21H28N4O2. The molecule has 1 aromatic carbocycles. The van der Waals surface area contributed by atoms with E-state index in [-0.39, 0.29) is 5.91 Å². The average Bonchev–Trinajstić information content (AvgIpc) is 2.71. The van der Waals surface area contributed by atoms with Crippen molar-refractivity contribution in [2.45, 2.75) is 45.6 Å². The Labute approximate surface area is 161 Å². The van der Waals surface area contributed by atoms with E-state index in [0.717, 1.165) is 35.9 Å². The first-order valence-electron chi connectivity index (χ1n) is 9.63. The fourth-order valence-corrected chi connectivity index (χ4v) is 3.29. The van der Waals surface area contributed by atoms with Crippen LogP contribution in [0.2, 0.25) is 0 Å². The molecule has 0 atom stereocenters. The molecule has 0 radical (unpaired) electrons. The molecule has 1 amide bonds. The third-order valence-corrected chi connectivity index (χ3v) is 4.81. The summed E-state index contributed by atoms with van der Waals surface area (Å²) in [6.07, 6.45) is 4.85. The van der Waals surface area contributed by atoms with Crippen molar-refractivity contribution in [3.05, 3.63) is 47.4 Å². The number of rotatable bonds is 7. The Morgan fingerprint density at radius 3 is 2.59 bits per heavy atom. The predicted molar refractivity (Wildman–Crippen MR) is 106 cm³/mol. The number of hydrogen-bond donors (Lipinski definition) is 1. The van der Waals surface area contributed by atoms with Gasteiger partial charge in [0.2, 0.25) is 5.91 Å². The van der Waals surface area contributed by atoms with Gasteiger partial charge in [-0.15, -0.1) is 0 Å². The molecule has 1 aliphatic rings. The molecule has 1 saturated heterocycles. The van der Waals surface area contributed by atoms with Crippen molar-refractivity contribution < 1.29 is 9.53 Å². The number of nitrogens with one attached hydrogen (secondary N) is 1. The van der Waals surface area contributed by atoms with Crippen LogP contribution in [0.5, 0.6) is 5.75 Å². The maximum Gasteiger partial charge on any atom is 0.220 e. The molecule has 0 aliphatic carbocycles. The average molecular weight is 368 g/mol. The number of ether oxygens (including phenoxy) is 1. The number of methoxy groups -OCH3 is 1. The van der Waals surface area contributed by atoms with Crippen molar-refractivity contribution in [3.8, 4) is 5.75 Å². The molecule has 0 spiro atoms. The molecule has 0 bridgehead atoms. The molecule has 0 unspecified atom stereocenters. The monoisotopic (exact) mass is 368 g/mol. The van der Waals surface area contributed by atoms with E-state index in [1.807, 2.05) is 37.3 Å². The molecule has 2 aromatic rings. The van der Waals surface area contributed by atoms with E-state index >= 15 is 0 Å². The number of carbonyl (C=O) groups is 1. The Hall–Kier alpha value is -2.63. The van der Waals surface area contributed by atoms with E-state index in [1.54, 1.807) is 7.11 Å². The van der Waals surface area contributed by atoms with Crippen LogP contribution in [0, 0.1) is 6.92 Å². The first-order chi connectivity index (χ1) is 13.1. The van der Waals surface area contributed by atoms with E-state index in [0.29, 0.717) is 25.2 Å². The molecule has 0 saturated carbocycles. The van der Waals surface area contributed by atoms with E-state index in [2.05, 4.69) is 20.2 Å². The minimum absolute atomic E-state index is 0.00967. The van der Waals surface area contributed by atoms with Crippen molar-refractivity contribution in [1.82, 2.24) is 15.3 Å². The Balaban J connectivity index is 1.51. The van der Waals surface area contributed by atoms with Crippen LogP contribution in [0.3, 0.4) is 0 Å². The normalized spacial score (nSPS) is 14.1. The molecule has 1 aromatic heterocycles. The highest BCUT2D eigenvalue weighted by Crippen LogP contribution is 2.18. The van der Waals surface area contributed by atoms with Gasteiger partial charge >= 0.3 is 0 Å². The Morgan fingerprint density at radius 1 is 1.15 bits per heavy atom. The third kappa shape index (κ3) is 5.67. The summed E-state index contributed by atoms with van der Waals surface area (Å²) in [5.74, 6) is 2.48. The molecule has 6 nitrogen and oxygen atoms in total. The van der Waals surface area contributed by atoms with Crippen LogP contribution in [-0.4, -0.2) is 36.1 Å². The smallest absolute Gasteiger partial charge is 0.220 e. The predicted octanol–water partition coefficient (Wildman–Crippen LogP) is 3.03. The standard InChI is InChI=1S/C21H28N4O2/c1-16-14-20(25-12-4-3-5-13-25)24-19(23-16)15-22-21(26)11-8-17-6-9-18(27-2)10-7-17/h6-7,9-10,14H,3-5,8,11-13,15H2,1-2H3,(H,22,26). The summed E-state index contributed by atoms with van der Waals surface area (Å²) in [4.78, 5) is 23.6. The highest BCUT2D eigenvalue weighted by molar-refractivity contribution is 5.76. The number of benzene rings is 1. The summed E-state index contributed by atoms with van der Waals surface area (Å²) in [5, 5.41) is 2.94. The number of amides is 1. The molecule has 6 heteroatoms. The topological polar surface area (TPSA) is 67.3 Å². The summed E-state index contributed by atoms with van der Waals surface area (Å²) in [5.41, 5.74) is 2.05. The van der Waals surface area contributed by atoms with Crippen LogP contribution < -0.4 is 15.0 Å². The second-order valence-corrected chi connectivity index (χ2v) is 6.96. The fourth-order valence-electron chi connectivity index (χ4n) is 3.29. The largest absolute Gasteiger partial charge is 0.497 e. The highest BCUT2D eigenvalue weighted by Gasteiger charge is 2.14. The van der Waals surface area contributed by atoms with Crippen LogP contribution >= 0.6 is 0 Å².